The molecule has 23 heavy (non-hydrogen) atoms. The maximum Gasteiger partial charge on any atom is 0.269 e. The quantitative estimate of drug-likeness (QED) is 0.418. The Kier molecular flexibility index (Phi) is 3.09. The highest BCUT2D eigenvalue weighted by molar-refractivity contribution is 7.16. The van der Waals surface area contributed by atoms with E-state index < -0.39 is 4.92 Å². The molecule has 0 saturated heterocycles. The summed E-state index contributed by atoms with van der Waals surface area (Å²) in [5.74, 6) is 0.716. The Balaban J connectivity index is 1.69. The van der Waals surface area contributed by atoms with Crippen LogP contribution in [0, 0.1) is 10.1 Å². The van der Waals surface area contributed by atoms with Gasteiger partial charge in [0.1, 0.15) is 0 Å². The van der Waals surface area contributed by atoms with Gasteiger partial charge >= 0.3 is 0 Å². The van der Waals surface area contributed by atoms with Gasteiger partial charge in [0.25, 0.3) is 5.69 Å². The predicted molar refractivity (Wildman–Crippen MR) is 85.0 cm³/mol. The fourth-order valence-electron chi connectivity index (χ4n) is 2.17. The van der Waals surface area contributed by atoms with Crippen molar-refractivity contribution in [2.45, 2.75) is 0 Å². The minimum atomic E-state index is -0.451. The second-order valence-corrected chi connectivity index (χ2v) is 5.64. The molecule has 0 radical (unpaired) electrons. The number of fused-ring (bicyclic) bond motifs is 1. The third-order valence-electron chi connectivity index (χ3n) is 3.33. The Labute approximate surface area is 133 Å². The van der Waals surface area contributed by atoms with Crippen molar-refractivity contribution >= 4 is 27.2 Å². The van der Waals surface area contributed by atoms with E-state index in [0.29, 0.717) is 17.3 Å². The Hall–Kier alpha value is -3.13. The topological polar surface area (TPSA) is 95.0 Å². The summed E-state index contributed by atoms with van der Waals surface area (Å²) in [5, 5.41) is 18.7. The Morgan fingerprint density at radius 2 is 1.70 bits per heavy atom. The average molecular weight is 324 g/mol. The summed E-state index contributed by atoms with van der Waals surface area (Å²) in [6, 6.07) is 11.7. The van der Waals surface area contributed by atoms with Crippen LogP contribution < -0.4 is 0 Å². The van der Waals surface area contributed by atoms with E-state index in [0.717, 1.165) is 15.8 Å². The van der Waals surface area contributed by atoms with Gasteiger partial charge in [-0.25, -0.2) is 4.98 Å². The van der Waals surface area contributed by atoms with Gasteiger partial charge < -0.3 is 4.42 Å². The van der Waals surface area contributed by atoms with Crippen molar-refractivity contribution in [3.8, 4) is 22.9 Å². The SMILES string of the molecule is O=[N+]([O-])c1ccc(-c2nnc(-c3ccc4ncsc4c3)o2)cc1. The van der Waals surface area contributed by atoms with Gasteiger partial charge in [-0.3, -0.25) is 10.1 Å². The van der Waals surface area contributed by atoms with Gasteiger partial charge in [0.15, 0.2) is 0 Å². The molecular weight excluding hydrogens is 316 g/mol. The molecule has 0 aliphatic carbocycles. The van der Waals surface area contributed by atoms with Gasteiger partial charge in [0, 0.05) is 23.3 Å². The van der Waals surface area contributed by atoms with Crippen LogP contribution in [-0.4, -0.2) is 20.1 Å². The minimum absolute atomic E-state index is 0.0177. The standard InChI is InChI=1S/C15H8N4O3S/c20-19(21)11-4-1-9(2-5-11)14-17-18-15(22-14)10-3-6-12-13(7-10)23-8-16-12/h1-8H. The molecule has 0 atom stereocenters. The van der Waals surface area contributed by atoms with Gasteiger partial charge in [-0.1, -0.05) is 0 Å². The van der Waals surface area contributed by atoms with Crippen LogP contribution in [0.3, 0.4) is 0 Å². The lowest BCUT2D eigenvalue weighted by atomic mass is 10.2. The lowest BCUT2D eigenvalue weighted by Crippen LogP contribution is -1.87. The molecule has 4 rings (SSSR count). The Morgan fingerprint density at radius 1 is 1.00 bits per heavy atom. The van der Waals surface area contributed by atoms with Crippen LogP contribution in [0.1, 0.15) is 0 Å². The molecule has 2 heterocycles. The molecule has 4 aromatic rings. The van der Waals surface area contributed by atoms with E-state index in [4.69, 9.17) is 4.42 Å². The van der Waals surface area contributed by atoms with E-state index in [-0.39, 0.29) is 5.69 Å². The zero-order valence-electron chi connectivity index (χ0n) is 11.5. The van der Waals surface area contributed by atoms with Crippen molar-refractivity contribution in [1.29, 1.82) is 0 Å². The highest BCUT2D eigenvalue weighted by atomic mass is 32.1. The average Bonchev–Trinajstić information content (AvgIpc) is 3.23. The first kappa shape index (κ1) is 13.5. The molecule has 0 N–H and O–H groups in total. The lowest BCUT2D eigenvalue weighted by molar-refractivity contribution is -0.384. The van der Waals surface area contributed by atoms with Crippen LogP contribution in [0.15, 0.2) is 52.4 Å². The largest absolute Gasteiger partial charge is 0.416 e. The van der Waals surface area contributed by atoms with E-state index in [1.165, 1.54) is 23.5 Å². The maximum absolute atomic E-state index is 10.7. The number of nitro benzene ring substituents is 1. The van der Waals surface area contributed by atoms with Crippen molar-refractivity contribution in [3.05, 3.63) is 58.1 Å². The molecule has 7 nitrogen and oxygen atoms in total. The molecule has 0 aliphatic heterocycles. The van der Waals surface area contributed by atoms with Crippen molar-refractivity contribution in [1.82, 2.24) is 15.2 Å². The van der Waals surface area contributed by atoms with Crippen LogP contribution >= 0.6 is 11.3 Å². The Bertz CT molecular complexity index is 1010. The van der Waals surface area contributed by atoms with Crippen LogP contribution in [0.4, 0.5) is 5.69 Å². The van der Waals surface area contributed by atoms with Gasteiger partial charge in [-0.05, 0) is 30.3 Å². The van der Waals surface area contributed by atoms with Crippen molar-refractivity contribution in [3.63, 3.8) is 0 Å². The fourth-order valence-corrected chi connectivity index (χ4v) is 2.89. The summed E-state index contributed by atoms with van der Waals surface area (Å²) >= 11 is 1.54. The first-order valence-corrected chi connectivity index (χ1v) is 7.50. The Morgan fingerprint density at radius 3 is 2.43 bits per heavy atom. The maximum atomic E-state index is 10.7. The molecule has 0 bridgehead atoms. The van der Waals surface area contributed by atoms with E-state index >= 15 is 0 Å². The monoisotopic (exact) mass is 324 g/mol. The molecule has 2 aromatic heterocycles. The number of benzene rings is 2. The second kappa shape index (κ2) is 5.25. The fraction of sp³-hybridized carbons (Fsp3) is 0. The zero-order chi connectivity index (χ0) is 15.8. The van der Waals surface area contributed by atoms with E-state index in [9.17, 15) is 10.1 Å². The van der Waals surface area contributed by atoms with Crippen LogP contribution in [0.25, 0.3) is 33.1 Å². The highest BCUT2D eigenvalue weighted by Crippen LogP contribution is 2.28. The molecule has 112 valence electrons. The highest BCUT2D eigenvalue weighted by Gasteiger charge is 2.13. The molecule has 0 aliphatic rings. The predicted octanol–water partition coefficient (Wildman–Crippen LogP) is 3.92. The van der Waals surface area contributed by atoms with Crippen molar-refractivity contribution in [2.75, 3.05) is 0 Å². The second-order valence-electron chi connectivity index (χ2n) is 4.75. The lowest BCUT2D eigenvalue weighted by Gasteiger charge is -1.96. The summed E-state index contributed by atoms with van der Waals surface area (Å²) in [6.45, 7) is 0. The van der Waals surface area contributed by atoms with E-state index in [1.807, 2.05) is 18.2 Å². The summed E-state index contributed by atoms with van der Waals surface area (Å²) in [4.78, 5) is 14.4. The van der Waals surface area contributed by atoms with Crippen LogP contribution in [0.2, 0.25) is 0 Å². The van der Waals surface area contributed by atoms with E-state index in [2.05, 4.69) is 15.2 Å². The van der Waals surface area contributed by atoms with Crippen molar-refractivity contribution in [2.24, 2.45) is 0 Å². The number of hydrogen-bond donors (Lipinski definition) is 0. The third kappa shape index (κ3) is 2.44. The molecule has 2 aromatic carbocycles. The number of thiazole rings is 1. The number of rotatable bonds is 3. The molecule has 0 saturated carbocycles. The number of hydrogen-bond acceptors (Lipinski definition) is 7. The van der Waals surface area contributed by atoms with Gasteiger partial charge in [0.05, 0.1) is 20.7 Å². The molecule has 8 heteroatoms. The van der Waals surface area contributed by atoms with Gasteiger partial charge in [0.2, 0.25) is 11.8 Å². The zero-order valence-corrected chi connectivity index (χ0v) is 12.4. The van der Waals surface area contributed by atoms with Gasteiger partial charge in [-0.2, -0.15) is 0 Å². The van der Waals surface area contributed by atoms with Crippen LogP contribution in [0.5, 0.6) is 0 Å². The molecule has 0 unspecified atom stereocenters. The minimum Gasteiger partial charge on any atom is -0.416 e. The number of nitrogens with zero attached hydrogens (tertiary/aromatic N) is 4. The van der Waals surface area contributed by atoms with Gasteiger partial charge in [-0.15, -0.1) is 21.5 Å². The smallest absolute Gasteiger partial charge is 0.269 e. The number of nitro groups is 1. The van der Waals surface area contributed by atoms with Crippen molar-refractivity contribution < 1.29 is 9.34 Å². The van der Waals surface area contributed by atoms with Crippen LogP contribution in [-0.2, 0) is 0 Å². The summed E-state index contributed by atoms with van der Waals surface area (Å²) in [5.41, 5.74) is 4.17. The normalized spacial score (nSPS) is 11.0. The molecule has 0 fully saturated rings. The first-order chi connectivity index (χ1) is 11.2. The summed E-state index contributed by atoms with van der Waals surface area (Å²) in [6.07, 6.45) is 0. The third-order valence-corrected chi connectivity index (χ3v) is 4.12. The first-order valence-electron chi connectivity index (χ1n) is 6.63. The number of non-ortho nitro benzene ring substituents is 1. The molecule has 0 spiro atoms. The summed E-state index contributed by atoms with van der Waals surface area (Å²) < 4.78 is 6.71. The number of aromatic nitrogens is 3. The summed E-state index contributed by atoms with van der Waals surface area (Å²) in [7, 11) is 0. The molecule has 0 amide bonds. The molecular formula is C15H8N4O3S. The van der Waals surface area contributed by atoms with E-state index in [1.54, 1.807) is 17.6 Å².